The summed E-state index contributed by atoms with van der Waals surface area (Å²) in [6.07, 6.45) is 4.59. The number of nitrogens with one attached hydrogen (secondary N) is 1. The van der Waals surface area contributed by atoms with Crippen LogP contribution in [0.25, 0.3) is 21.8 Å². The maximum atomic E-state index is 12.1. The van der Waals surface area contributed by atoms with E-state index < -0.39 is 0 Å². The van der Waals surface area contributed by atoms with Crippen LogP contribution in [0, 0.1) is 0 Å². The second kappa shape index (κ2) is 8.12. The van der Waals surface area contributed by atoms with Gasteiger partial charge in [-0.05, 0) is 37.3 Å². The van der Waals surface area contributed by atoms with Crippen molar-refractivity contribution in [1.29, 1.82) is 0 Å². The monoisotopic (exact) mass is 448 g/mol. The van der Waals surface area contributed by atoms with Crippen molar-refractivity contribution in [2.75, 3.05) is 24.5 Å². The van der Waals surface area contributed by atoms with E-state index in [4.69, 9.17) is 16.3 Å². The maximum absolute atomic E-state index is 12.1. The van der Waals surface area contributed by atoms with Crippen molar-refractivity contribution in [3.8, 4) is 11.5 Å². The van der Waals surface area contributed by atoms with Gasteiger partial charge in [0.05, 0.1) is 22.1 Å². The van der Waals surface area contributed by atoms with Gasteiger partial charge in [0, 0.05) is 31.1 Å². The highest BCUT2D eigenvalue weighted by molar-refractivity contribution is 6.33. The van der Waals surface area contributed by atoms with Crippen molar-refractivity contribution in [1.82, 2.24) is 25.1 Å². The zero-order chi connectivity index (χ0) is 22.2. The van der Waals surface area contributed by atoms with Crippen LogP contribution in [0.15, 0.2) is 55.5 Å². The molecule has 1 saturated heterocycles. The molecule has 3 heterocycles. The number of benzene rings is 2. The molecule has 32 heavy (non-hydrogen) atoms. The maximum Gasteiger partial charge on any atom is 0.246 e. The zero-order valence-electron chi connectivity index (χ0n) is 17.5. The Balaban J connectivity index is 1.51. The number of fused-ring (bicyclic) bond motifs is 2. The molecule has 0 saturated carbocycles. The first-order valence-electron chi connectivity index (χ1n) is 10.3. The number of nitrogens with zero attached hydrogens (tertiary/aromatic N) is 5. The standard InChI is InChI=1S/C23H21ClN6O2/c1-3-20(31)30-10-9-29(12-14(30)2)23-15-5-4-6-19(21(15)25-13-26-23)32-22-16-11-27-28-18(16)8-7-17(22)24/h3-8,11,13-14H,1,9-10,12H2,2H3,(H,27,28)/t14-/m0/s1. The normalized spacial score (nSPS) is 16.5. The number of rotatable bonds is 4. The van der Waals surface area contributed by atoms with Gasteiger partial charge in [-0.1, -0.05) is 24.2 Å². The van der Waals surface area contributed by atoms with Gasteiger partial charge in [0.2, 0.25) is 5.91 Å². The highest BCUT2D eigenvalue weighted by Crippen LogP contribution is 2.39. The SMILES string of the molecule is C=CC(=O)N1CCN(c2ncnc3c(Oc4c(Cl)ccc5[nH]ncc45)cccc23)C[C@@H]1C. The van der Waals surface area contributed by atoms with Crippen LogP contribution in [0.2, 0.25) is 5.02 Å². The first kappa shape index (κ1) is 20.3. The minimum absolute atomic E-state index is 0.0381. The summed E-state index contributed by atoms with van der Waals surface area (Å²) in [5.74, 6) is 1.86. The fourth-order valence-corrected chi connectivity index (χ4v) is 4.36. The summed E-state index contributed by atoms with van der Waals surface area (Å²) in [6.45, 7) is 7.56. The summed E-state index contributed by atoms with van der Waals surface area (Å²) in [4.78, 5) is 25.1. The number of halogens is 1. The molecule has 0 aliphatic carbocycles. The van der Waals surface area contributed by atoms with Gasteiger partial charge in [0.25, 0.3) is 0 Å². The predicted molar refractivity (Wildman–Crippen MR) is 124 cm³/mol. The molecule has 162 valence electrons. The molecule has 1 aliphatic heterocycles. The fourth-order valence-electron chi connectivity index (χ4n) is 4.15. The van der Waals surface area contributed by atoms with E-state index in [1.54, 1.807) is 12.3 Å². The van der Waals surface area contributed by atoms with Crippen LogP contribution in [-0.4, -0.2) is 56.6 Å². The average molecular weight is 449 g/mol. The molecule has 1 amide bonds. The number of carbonyl (C=O) groups excluding carboxylic acids is 1. The van der Waals surface area contributed by atoms with E-state index in [9.17, 15) is 4.79 Å². The highest BCUT2D eigenvalue weighted by atomic mass is 35.5. The predicted octanol–water partition coefficient (Wildman–Crippen LogP) is 4.17. The summed E-state index contributed by atoms with van der Waals surface area (Å²) in [7, 11) is 0. The molecule has 9 heteroatoms. The van der Waals surface area contributed by atoms with Crippen molar-refractivity contribution in [3.05, 3.63) is 60.5 Å². The molecule has 5 rings (SSSR count). The molecule has 0 radical (unpaired) electrons. The molecule has 1 atom stereocenters. The second-order valence-corrected chi connectivity index (χ2v) is 8.10. The van der Waals surface area contributed by atoms with Gasteiger partial charge in [0.15, 0.2) is 11.5 Å². The lowest BCUT2D eigenvalue weighted by Gasteiger charge is -2.40. The molecule has 0 spiro atoms. The number of piperazine rings is 1. The van der Waals surface area contributed by atoms with Gasteiger partial charge in [-0.15, -0.1) is 0 Å². The number of aromatic amines is 1. The molecular weight excluding hydrogens is 428 g/mol. The minimum Gasteiger partial charge on any atom is -0.453 e. The minimum atomic E-state index is -0.0503. The van der Waals surface area contributed by atoms with Crippen LogP contribution >= 0.6 is 11.6 Å². The molecule has 1 N–H and O–H groups in total. The first-order valence-corrected chi connectivity index (χ1v) is 10.7. The molecule has 4 aromatic rings. The second-order valence-electron chi connectivity index (χ2n) is 7.69. The van der Waals surface area contributed by atoms with Gasteiger partial charge in [-0.3, -0.25) is 9.89 Å². The highest BCUT2D eigenvalue weighted by Gasteiger charge is 2.28. The van der Waals surface area contributed by atoms with Crippen LogP contribution < -0.4 is 9.64 Å². The third-order valence-electron chi connectivity index (χ3n) is 5.73. The molecular formula is C23H21ClN6O2. The zero-order valence-corrected chi connectivity index (χ0v) is 18.2. The number of anilines is 1. The van der Waals surface area contributed by atoms with E-state index in [2.05, 4.69) is 31.6 Å². The van der Waals surface area contributed by atoms with Crippen molar-refractivity contribution in [2.24, 2.45) is 0 Å². The molecule has 1 fully saturated rings. The number of aromatic nitrogens is 4. The molecule has 0 unspecified atom stereocenters. The van der Waals surface area contributed by atoms with Gasteiger partial charge in [-0.25, -0.2) is 9.97 Å². The number of ether oxygens (including phenoxy) is 1. The van der Waals surface area contributed by atoms with Crippen LogP contribution in [0.1, 0.15) is 6.92 Å². The van der Waals surface area contributed by atoms with Crippen molar-refractivity contribution in [2.45, 2.75) is 13.0 Å². The lowest BCUT2D eigenvalue weighted by Crippen LogP contribution is -2.54. The Morgan fingerprint density at radius 2 is 2.12 bits per heavy atom. The number of hydrogen-bond acceptors (Lipinski definition) is 6. The Morgan fingerprint density at radius 1 is 1.25 bits per heavy atom. The van der Waals surface area contributed by atoms with E-state index in [0.29, 0.717) is 41.7 Å². The summed E-state index contributed by atoms with van der Waals surface area (Å²) < 4.78 is 6.26. The molecule has 0 bridgehead atoms. The summed E-state index contributed by atoms with van der Waals surface area (Å²) in [5.41, 5.74) is 1.52. The molecule has 1 aliphatic rings. The van der Waals surface area contributed by atoms with Gasteiger partial charge in [-0.2, -0.15) is 5.10 Å². The summed E-state index contributed by atoms with van der Waals surface area (Å²) in [6, 6.07) is 9.42. The lowest BCUT2D eigenvalue weighted by atomic mass is 10.1. The van der Waals surface area contributed by atoms with Crippen molar-refractivity contribution in [3.63, 3.8) is 0 Å². The summed E-state index contributed by atoms with van der Waals surface area (Å²) >= 11 is 6.43. The molecule has 2 aromatic heterocycles. The smallest absolute Gasteiger partial charge is 0.246 e. The largest absolute Gasteiger partial charge is 0.453 e. The van der Waals surface area contributed by atoms with Crippen LogP contribution in [-0.2, 0) is 4.79 Å². The third kappa shape index (κ3) is 3.42. The average Bonchev–Trinajstić information content (AvgIpc) is 3.29. The van der Waals surface area contributed by atoms with Gasteiger partial charge in [0.1, 0.15) is 17.7 Å². The summed E-state index contributed by atoms with van der Waals surface area (Å²) in [5, 5.41) is 9.16. The van der Waals surface area contributed by atoms with Crippen LogP contribution in [0.5, 0.6) is 11.5 Å². The Morgan fingerprint density at radius 3 is 2.94 bits per heavy atom. The number of carbonyl (C=O) groups is 1. The van der Waals surface area contributed by atoms with Crippen LogP contribution in [0.3, 0.4) is 0 Å². The molecule has 2 aromatic carbocycles. The fraction of sp³-hybridized carbons (Fsp3) is 0.217. The number of para-hydroxylation sites is 1. The number of hydrogen-bond donors (Lipinski definition) is 1. The van der Waals surface area contributed by atoms with E-state index in [1.807, 2.05) is 36.1 Å². The Bertz CT molecular complexity index is 1340. The van der Waals surface area contributed by atoms with Crippen molar-refractivity contribution >= 4 is 45.1 Å². The van der Waals surface area contributed by atoms with Gasteiger partial charge < -0.3 is 14.5 Å². The Labute approximate surface area is 189 Å². The van der Waals surface area contributed by atoms with Gasteiger partial charge >= 0.3 is 0 Å². The van der Waals surface area contributed by atoms with E-state index in [0.717, 1.165) is 22.1 Å². The first-order chi connectivity index (χ1) is 15.6. The Hall–Kier alpha value is -3.65. The number of H-pyrrole nitrogens is 1. The lowest BCUT2D eigenvalue weighted by molar-refractivity contribution is -0.128. The molecule has 8 nitrogen and oxygen atoms in total. The Kier molecular flexibility index (Phi) is 5.14. The van der Waals surface area contributed by atoms with E-state index in [1.165, 1.54) is 12.4 Å². The third-order valence-corrected chi connectivity index (χ3v) is 6.03. The quantitative estimate of drug-likeness (QED) is 0.471. The van der Waals surface area contributed by atoms with Crippen LogP contribution in [0.4, 0.5) is 5.82 Å². The van der Waals surface area contributed by atoms with E-state index in [-0.39, 0.29) is 11.9 Å². The number of amides is 1. The topological polar surface area (TPSA) is 87.2 Å². The van der Waals surface area contributed by atoms with E-state index >= 15 is 0 Å². The van der Waals surface area contributed by atoms with Crippen molar-refractivity contribution < 1.29 is 9.53 Å².